The molecule has 10 heteroatoms. The minimum atomic E-state index is -0.0175. The number of fused-ring (bicyclic) bond motifs is 1. The molecule has 0 saturated carbocycles. The van der Waals surface area contributed by atoms with E-state index in [0.717, 1.165) is 18.5 Å². The molecule has 1 aromatic carbocycles. The topological polar surface area (TPSA) is 119 Å². The van der Waals surface area contributed by atoms with Crippen LogP contribution in [0.3, 0.4) is 0 Å². The number of nitrogens with zero attached hydrogens (tertiary/aromatic N) is 8. The molecule has 1 saturated heterocycles. The summed E-state index contributed by atoms with van der Waals surface area (Å²) in [5.74, 6) is 0.0918. The van der Waals surface area contributed by atoms with Crippen molar-refractivity contribution in [2.24, 2.45) is 0 Å². The second-order valence-electron chi connectivity index (χ2n) is 9.50. The number of rotatable bonds is 3. The largest absolute Gasteiger partial charge is 0.507 e. The number of phenols is 1. The number of aromatic hydroxyl groups is 1. The Kier molecular flexibility index (Phi) is 4.30. The average Bonchev–Trinajstić information content (AvgIpc) is 3.35. The fourth-order valence-electron chi connectivity index (χ4n) is 4.80. The number of hydrogen-bond acceptors (Lipinski definition) is 8. The van der Waals surface area contributed by atoms with Gasteiger partial charge in [-0.1, -0.05) is 5.21 Å². The fraction of sp³-hybridized carbons (Fsp3) is 0.429. The van der Waals surface area contributed by atoms with Crippen LogP contribution in [-0.4, -0.2) is 56.1 Å². The zero-order valence-corrected chi connectivity index (χ0v) is 18.0. The first-order valence-electron chi connectivity index (χ1n) is 10.3. The van der Waals surface area contributed by atoms with Crippen LogP contribution in [0.5, 0.6) is 5.75 Å². The van der Waals surface area contributed by atoms with Crippen LogP contribution < -0.4 is 5.32 Å². The van der Waals surface area contributed by atoms with E-state index in [2.05, 4.69) is 63.7 Å². The lowest BCUT2D eigenvalue weighted by atomic mass is 9.80. The maximum Gasteiger partial charge on any atom is 0.201 e. The highest BCUT2D eigenvalue weighted by molar-refractivity contribution is 5.77. The van der Waals surface area contributed by atoms with Gasteiger partial charge in [0, 0.05) is 22.7 Å². The third kappa shape index (κ3) is 3.63. The number of aromatic nitrogens is 8. The van der Waals surface area contributed by atoms with Gasteiger partial charge in [0.1, 0.15) is 23.9 Å². The lowest BCUT2D eigenvalue weighted by molar-refractivity contribution is 0.127. The molecule has 4 heterocycles. The van der Waals surface area contributed by atoms with Crippen LogP contribution >= 0.6 is 0 Å². The van der Waals surface area contributed by atoms with E-state index in [-0.39, 0.29) is 22.9 Å². The molecule has 4 aromatic rings. The Morgan fingerprint density at radius 1 is 0.968 bits per heavy atom. The smallest absolute Gasteiger partial charge is 0.201 e. The normalized spacial score (nSPS) is 18.5. The average molecular weight is 419 g/mol. The van der Waals surface area contributed by atoms with E-state index in [0.29, 0.717) is 22.4 Å². The van der Waals surface area contributed by atoms with E-state index in [1.165, 1.54) is 0 Å². The zero-order valence-electron chi connectivity index (χ0n) is 18.0. The molecule has 1 aliphatic rings. The van der Waals surface area contributed by atoms with Crippen LogP contribution in [0.2, 0.25) is 0 Å². The van der Waals surface area contributed by atoms with Crippen molar-refractivity contribution in [3.8, 4) is 22.7 Å². The van der Waals surface area contributed by atoms with Gasteiger partial charge < -0.3 is 10.4 Å². The Morgan fingerprint density at radius 2 is 1.68 bits per heavy atom. The summed E-state index contributed by atoms with van der Waals surface area (Å²) in [6, 6.07) is 7.29. The Labute approximate surface area is 179 Å². The summed E-state index contributed by atoms with van der Waals surface area (Å²) in [6.45, 7) is 8.82. The van der Waals surface area contributed by atoms with Crippen molar-refractivity contribution in [2.75, 3.05) is 0 Å². The van der Waals surface area contributed by atoms with Crippen molar-refractivity contribution < 1.29 is 5.11 Å². The van der Waals surface area contributed by atoms with Crippen LogP contribution in [0, 0.1) is 0 Å². The summed E-state index contributed by atoms with van der Waals surface area (Å²) in [7, 11) is 0. The van der Waals surface area contributed by atoms with Crippen molar-refractivity contribution in [3.63, 3.8) is 0 Å². The van der Waals surface area contributed by atoms with Gasteiger partial charge in [0.25, 0.3) is 0 Å². The highest BCUT2D eigenvalue weighted by Crippen LogP contribution is 2.37. The fourth-order valence-corrected chi connectivity index (χ4v) is 4.80. The molecule has 10 nitrogen and oxygen atoms in total. The zero-order chi connectivity index (χ0) is 21.8. The second-order valence-corrected chi connectivity index (χ2v) is 9.50. The minimum absolute atomic E-state index is 0.0175. The van der Waals surface area contributed by atoms with Gasteiger partial charge in [0.2, 0.25) is 5.65 Å². The van der Waals surface area contributed by atoms with Crippen molar-refractivity contribution >= 4 is 11.2 Å². The predicted octanol–water partition coefficient (Wildman–Crippen LogP) is 2.66. The Balaban J connectivity index is 1.49. The SMILES string of the molecule is CC1(C)CC(n2nnc3cc(-c4ccc(-n5cnnc5)cc4O)nnc32)CC(C)(C)N1. The highest BCUT2D eigenvalue weighted by atomic mass is 16.3. The molecule has 1 aliphatic heterocycles. The number of piperidine rings is 1. The van der Waals surface area contributed by atoms with Crippen molar-refractivity contribution in [1.82, 2.24) is 45.3 Å². The minimum Gasteiger partial charge on any atom is -0.507 e. The Bertz CT molecular complexity index is 1230. The molecule has 0 bridgehead atoms. The van der Waals surface area contributed by atoms with E-state index in [1.54, 1.807) is 29.4 Å². The van der Waals surface area contributed by atoms with Crippen LogP contribution in [0.25, 0.3) is 28.1 Å². The Morgan fingerprint density at radius 3 is 2.35 bits per heavy atom. The number of phenolic OH excluding ortho intramolecular Hbond substituents is 1. The number of benzene rings is 1. The molecular weight excluding hydrogens is 394 g/mol. The van der Waals surface area contributed by atoms with Crippen LogP contribution in [0.15, 0.2) is 36.9 Å². The summed E-state index contributed by atoms with van der Waals surface area (Å²) in [4.78, 5) is 0. The molecule has 2 N–H and O–H groups in total. The molecule has 0 spiro atoms. The monoisotopic (exact) mass is 419 g/mol. The van der Waals surface area contributed by atoms with Gasteiger partial charge in [-0.3, -0.25) is 4.57 Å². The number of nitrogens with one attached hydrogen (secondary N) is 1. The van der Waals surface area contributed by atoms with Gasteiger partial charge in [0.15, 0.2) is 0 Å². The summed E-state index contributed by atoms with van der Waals surface area (Å²) in [5.41, 5.74) is 3.14. The van der Waals surface area contributed by atoms with E-state index in [4.69, 9.17) is 0 Å². The molecule has 0 unspecified atom stereocenters. The van der Waals surface area contributed by atoms with Gasteiger partial charge in [-0.15, -0.1) is 25.5 Å². The van der Waals surface area contributed by atoms with Crippen molar-refractivity contribution in [1.29, 1.82) is 0 Å². The van der Waals surface area contributed by atoms with Gasteiger partial charge in [-0.25, -0.2) is 4.68 Å². The third-order valence-corrected chi connectivity index (χ3v) is 5.71. The summed E-state index contributed by atoms with van der Waals surface area (Å²) < 4.78 is 3.61. The van der Waals surface area contributed by atoms with Crippen LogP contribution in [0.1, 0.15) is 46.6 Å². The number of hydrogen-bond donors (Lipinski definition) is 2. The quantitative estimate of drug-likeness (QED) is 0.520. The first-order chi connectivity index (χ1) is 14.7. The first kappa shape index (κ1) is 19.6. The van der Waals surface area contributed by atoms with Crippen molar-refractivity contribution in [3.05, 3.63) is 36.9 Å². The molecular formula is C21H25N9O. The first-order valence-corrected chi connectivity index (χ1v) is 10.3. The predicted molar refractivity (Wildman–Crippen MR) is 115 cm³/mol. The lowest BCUT2D eigenvalue weighted by Gasteiger charge is -2.46. The Hall–Kier alpha value is -3.40. The third-order valence-electron chi connectivity index (χ3n) is 5.71. The standard InChI is InChI=1S/C21H25N9O/c1-20(2)9-14(10-21(3,4)27-20)30-19-17(25-28-30)8-16(24-26-19)15-6-5-13(7-18(15)31)29-11-22-23-12-29/h5-8,11-12,14,27,31H,9-10H2,1-4H3. The summed E-state index contributed by atoms with van der Waals surface area (Å²) in [5, 5.41) is 39.4. The highest BCUT2D eigenvalue weighted by Gasteiger charge is 2.39. The van der Waals surface area contributed by atoms with Gasteiger partial charge in [-0.05, 0) is 58.7 Å². The van der Waals surface area contributed by atoms with Gasteiger partial charge in [0.05, 0.1) is 17.4 Å². The second kappa shape index (κ2) is 6.81. The molecule has 1 fully saturated rings. The van der Waals surface area contributed by atoms with Crippen LogP contribution in [0.4, 0.5) is 0 Å². The maximum absolute atomic E-state index is 10.6. The molecule has 3 aromatic heterocycles. The maximum atomic E-state index is 10.6. The molecule has 0 amide bonds. The van der Waals surface area contributed by atoms with Crippen LogP contribution in [-0.2, 0) is 0 Å². The van der Waals surface area contributed by atoms with Gasteiger partial charge >= 0.3 is 0 Å². The van der Waals surface area contributed by atoms with E-state index >= 15 is 0 Å². The van der Waals surface area contributed by atoms with E-state index in [1.807, 2.05) is 16.8 Å². The van der Waals surface area contributed by atoms with E-state index in [9.17, 15) is 5.11 Å². The lowest BCUT2D eigenvalue weighted by Crippen LogP contribution is -2.58. The molecule has 31 heavy (non-hydrogen) atoms. The summed E-state index contributed by atoms with van der Waals surface area (Å²) >= 11 is 0. The molecule has 0 radical (unpaired) electrons. The van der Waals surface area contributed by atoms with Crippen molar-refractivity contribution in [2.45, 2.75) is 57.7 Å². The summed E-state index contributed by atoms with van der Waals surface area (Å²) in [6.07, 6.45) is 4.98. The van der Waals surface area contributed by atoms with Gasteiger partial charge in [-0.2, -0.15) is 0 Å². The molecule has 5 rings (SSSR count). The molecule has 0 atom stereocenters. The molecule has 160 valence electrons. The molecule has 0 aliphatic carbocycles. The van der Waals surface area contributed by atoms with E-state index < -0.39 is 0 Å².